The van der Waals surface area contributed by atoms with Gasteiger partial charge in [-0.1, -0.05) is 50.2 Å². The van der Waals surface area contributed by atoms with Gasteiger partial charge in [0.05, 0.1) is 6.42 Å². The summed E-state index contributed by atoms with van der Waals surface area (Å²) in [4.78, 5) is 16.2. The standard InChI is InChI=1S/C16H20N2O2/c1-11-7-5-6-8-12(11)9-14-17-15(20-18-14)10-13(19)16(2,3)4/h5-8H,9-10H2,1-4H3. The van der Waals surface area contributed by atoms with Gasteiger partial charge in [0.1, 0.15) is 5.78 Å². The maximum Gasteiger partial charge on any atom is 0.234 e. The lowest BCUT2D eigenvalue weighted by Crippen LogP contribution is -2.22. The van der Waals surface area contributed by atoms with Gasteiger partial charge in [0.2, 0.25) is 5.89 Å². The number of carbonyl (C=O) groups excluding carboxylic acids is 1. The van der Waals surface area contributed by atoms with Crippen LogP contribution in [0.1, 0.15) is 43.6 Å². The van der Waals surface area contributed by atoms with E-state index in [0.29, 0.717) is 18.1 Å². The molecule has 20 heavy (non-hydrogen) atoms. The molecule has 0 aliphatic heterocycles. The summed E-state index contributed by atoms with van der Waals surface area (Å²) in [5.41, 5.74) is 1.98. The highest BCUT2D eigenvalue weighted by molar-refractivity contribution is 5.84. The molecule has 1 heterocycles. The van der Waals surface area contributed by atoms with Crippen LogP contribution in [-0.4, -0.2) is 15.9 Å². The lowest BCUT2D eigenvalue weighted by molar-refractivity contribution is -0.125. The number of rotatable bonds is 4. The van der Waals surface area contributed by atoms with Crippen molar-refractivity contribution in [3.8, 4) is 0 Å². The van der Waals surface area contributed by atoms with Gasteiger partial charge in [-0.05, 0) is 18.1 Å². The van der Waals surface area contributed by atoms with Gasteiger partial charge in [0, 0.05) is 11.8 Å². The summed E-state index contributed by atoms with van der Waals surface area (Å²) in [5, 5.41) is 3.95. The van der Waals surface area contributed by atoms with E-state index in [1.54, 1.807) is 0 Å². The molecule has 0 saturated heterocycles. The molecule has 2 rings (SSSR count). The molecule has 1 aromatic heterocycles. The van der Waals surface area contributed by atoms with Crippen molar-refractivity contribution in [1.29, 1.82) is 0 Å². The highest BCUT2D eigenvalue weighted by Gasteiger charge is 2.23. The smallest absolute Gasteiger partial charge is 0.234 e. The molecule has 1 aromatic carbocycles. The molecule has 0 fully saturated rings. The minimum atomic E-state index is -0.384. The Morgan fingerprint density at radius 1 is 1.25 bits per heavy atom. The summed E-state index contributed by atoms with van der Waals surface area (Å²) in [7, 11) is 0. The van der Waals surface area contributed by atoms with Crippen molar-refractivity contribution >= 4 is 5.78 Å². The summed E-state index contributed by atoms with van der Waals surface area (Å²) in [6.07, 6.45) is 0.824. The van der Waals surface area contributed by atoms with E-state index >= 15 is 0 Å². The first-order valence-corrected chi connectivity index (χ1v) is 6.75. The Labute approximate surface area is 119 Å². The molecule has 0 unspecified atom stereocenters. The normalized spacial score (nSPS) is 11.6. The van der Waals surface area contributed by atoms with Crippen LogP contribution in [0.25, 0.3) is 0 Å². The molecule has 0 aliphatic rings. The first-order valence-electron chi connectivity index (χ1n) is 6.75. The van der Waals surface area contributed by atoms with Crippen molar-refractivity contribution in [3.63, 3.8) is 0 Å². The molecule has 0 bridgehead atoms. The molecule has 4 nitrogen and oxygen atoms in total. The van der Waals surface area contributed by atoms with Crippen LogP contribution in [0.15, 0.2) is 28.8 Å². The fourth-order valence-corrected chi connectivity index (χ4v) is 1.82. The Balaban J connectivity index is 2.07. The second-order valence-corrected chi connectivity index (χ2v) is 6.06. The Hall–Kier alpha value is -1.97. The molecule has 0 aliphatic carbocycles. The average molecular weight is 272 g/mol. The molecule has 2 aromatic rings. The van der Waals surface area contributed by atoms with Gasteiger partial charge in [-0.15, -0.1) is 0 Å². The fraction of sp³-hybridized carbons (Fsp3) is 0.438. The minimum Gasteiger partial charge on any atom is -0.339 e. The van der Waals surface area contributed by atoms with Crippen molar-refractivity contribution in [2.24, 2.45) is 5.41 Å². The minimum absolute atomic E-state index is 0.101. The summed E-state index contributed by atoms with van der Waals surface area (Å²) in [6.45, 7) is 7.72. The number of benzene rings is 1. The lowest BCUT2D eigenvalue weighted by atomic mass is 9.89. The molecule has 106 valence electrons. The predicted molar refractivity (Wildman–Crippen MR) is 76.4 cm³/mol. The zero-order valence-corrected chi connectivity index (χ0v) is 12.4. The quantitative estimate of drug-likeness (QED) is 0.858. The van der Waals surface area contributed by atoms with Crippen LogP contribution in [0.5, 0.6) is 0 Å². The number of nitrogens with zero attached hydrogens (tertiary/aromatic N) is 2. The Kier molecular flexibility index (Phi) is 4.02. The van der Waals surface area contributed by atoms with E-state index in [2.05, 4.69) is 23.1 Å². The second kappa shape index (κ2) is 5.57. The third kappa shape index (κ3) is 3.53. The number of ketones is 1. The Morgan fingerprint density at radius 3 is 2.60 bits per heavy atom. The first-order chi connectivity index (χ1) is 9.36. The van der Waals surface area contributed by atoms with Crippen molar-refractivity contribution < 1.29 is 9.32 Å². The Bertz CT molecular complexity index is 609. The number of carbonyl (C=O) groups is 1. The van der Waals surface area contributed by atoms with Gasteiger partial charge in [-0.25, -0.2) is 0 Å². The van der Waals surface area contributed by atoms with Gasteiger partial charge in [0.25, 0.3) is 0 Å². The van der Waals surface area contributed by atoms with Crippen LogP contribution in [-0.2, 0) is 17.6 Å². The van der Waals surface area contributed by atoms with E-state index < -0.39 is 0 Å². The summed E-state index contributed by atoms with van der Waals surface area (Å²) in [5.74, 6) is 1.12. The second-order valence-electron chi connectivity index (χ2n) is 6.06. The van der Waals surface area contributed by atoms with Gasteiger partial charge in [-0.2, -0.15) is 4.98 Å². The third-order valence-electron chi connectivity index (χ3n) is 3.27. The maximum atomic E-state index is 11.9. The van der Waals surface area contributed by atoms with Crippen LogP contribution < -0.4 is 0 Å². The molecule has 0 spiro atoms. The number of Topliss-reactive ketones (excluding diaryl/α,β-unsaturated/α-hetero) is 1. The van der Waals surface area contributed by atoms with E-state index in [4.69, 9.17) is 4.52 Å². The van der Waals surface area contributed by atoms with Crippen LogP contribution in [0.3, 0.4) is 0 Å². The van der Waals surface area contributed by atoms with Crippen LogP contribution in [0, 0.1) is 12.3 Å². The number of aryl methyl sites for hydroxylation is 1. The maximum absolute atomic E-state index is 11.9. The SMILES string of the molecule is Cc1ccccc1Cc1noc(CC(=O)C(C)(C)C)n1. The number of hydrogen-bond acceptors (Lipinski definition) is 4. The zero-order chi connectivity index (χ0) is 14.8. The largest absolute Gasteiger partial charge is 0.339 e. The average Bonchev–Trinajstić information content (AvgIpc) is 2.78. The highest BCUT2D eigenvalue weighted by Crippen LogP contribution is 2.18. The molecular formula is C16H20N2O2. The van der Waals surface area contributed by atoms with E-state index in [9.17, 15) is 4.79 Å². The van der Waals surface area contributed by atoms with Crippen molar-refractivity contribution in [2.45, 2.75) is 40.5 Å². The van der Waals surface area contributed by atoms with Crippen molar-refractivity contribution in [3.05, 3.63) is 47.1 Å². The van der Waals surface area contributed by atoms with Gasteiger partial charge < -0.3 is 4.52 Å². The molecule has 0 amide bonds. The van der Waals surface area contributed by atoms with Crippen LogP contribution in [0.2, 0.25) is 0 Å². The summed E-state index contributed by atoms with van der Waals surface area (Å²) < 4.78 is 5.16. The van der Waals surface area contributed by atoms with E-state index in [1.165, 1.54) is 11.1 Å². The van der Waals surface area contributed by atoms with Gasteiger partial charge >= 0.3 is 0 Å². The molecule has 0 radical (unpaired) electrons. The summed E-state index contributed by atoms with van der Waals surface area (Å²) in [6, 6.07) is 8.10. The number of aromatic nitrogens is 2. The van der Waals surface area contributed by atoms with E-state index in [0.717, 1.165) is 0 Å². The van der Waals surface area contributed by atoms with E-state index in [-0.39, 0.29) is 17.6 Å². The van der Waals surface area contributed by atoms with Crippen molar-refractivity contribution in [2.75, 3.05) is 0 Å². The zero-order valence-electron chi connectivity index (χ0n) is 12.4. The fourth-order valence-electron chi connectivity index (χ4n) is 1.82. The molecule has 0 atom stereocenters. The molecular weight excluding hydrogens is 252 g/mol. The molecule has 4 heteroatoms. The molecule has 0 saturated carbocycles. The predicted octanol–water partition coefficient (Wildman–Crippen LogP) is 3.13. The highest BCUT2D eigenvalue weighted by atomic mass is 16.5. The lowest BCUT2D eigenvalue weighted by Gasteiger charge is -2.14. The topological polar surface area (TPSA) is 56.0 Å². The van der Waals surface area contributed by atoms with Gasteiger partial charge in [-0.3, -0.25) is 4.79 Å². The van der Waals surface area contributed by atoms with Crippen LogP contribution in [0.4, 0.5) is 0 Å². The van der Waals surface area contributed by atoms with E-state index in [1.807, 2.05) is 39.0 Å². The van der Waals surface area contributed by atoms with Gasteiger partial charge in [0.15, 0.2) is 5.82 Å². The van der Waals surface area contributed by atoms with Crippen LogP contribution >= 0.6 is 0 Å². The third-order valence-corrected chi connectivity index (χ3v) is 3.27. The monoisotopic (exact) mass is 272 g/mol. The number of hydrogen-bond donors (Lipinski definition) is 0. The molecule has 0 N–H and O–H groups in total. The Morgan fingerprint density at radius 2 is 1.95 bits per heavy atom. The summed E-state index contributed by atoms with van der Waals surface area (Å²) >= 11 is 0. The van der Waals surface area contributed by atoms with Crippen molar-refractivity contribution in [1.82, 2.24) is 10.1 Å². The first kappa shape index (κ1) is 14.4.